The SMILES string of the molecule is CCN(Cc1ccccc1)c1cc(N2CCCC(C)C2)ncn1. The summed E-state index contributed by atoms with van der Waals surface area (Å²) >= 11 is 0. The van der Waals surface area contributed by atoms with E-state index in [9.17, 15) is 0 Å². The highest BCUT2D eigenvalue weighted by atomic mass is 15.2. The molecule has 0 aliphatic carbocycles. The normalized spacial score (nSPS) is 18.0. The van der Waals surface area contributed by atoms with Gasteiger partial charge in [-0.3, -0.25) is 0 Å². The van der Waals surface area contributed by atoms with Crippen molar-refractivity contribution < 1.29 is 0 Å². The van der Waals surface area contributed by atoms with E-state index in [2.05, 4.69) is 70.0 Å². The lowest BCUT2D eigenvalue weighted by atomic mass is 10.0. The zero-order chi connectivity index (χ0) is 16.1. The van der Waals surface area contributed by atoms with Crippen molar-refractivity contribution in [2.75, 3.05) is 29.4 Å². The quantitative estimate of drug-likeness (QED) is 0.842. The minimum Gasteiger partial charge on any atom is -0.356 e. The van der Waals surface area contributed by atoms with E-state index in [1.165, 1.54) is 18.4 Å². The molecule has 0 spiro atoms. The maximum atomic E-state index is 4.51. The number of nitrogens with zero attached hydrogens (tertiary/aromatic N) is 4. The Morgan fingerprint density at radius 1 is 1.22 bits per heavy atom. The average molecular weight is 310 g/mol. The van der Waals surface area contributed by atoms with Crippen molar-refractivity contribution in [1.29, 1.82) is 0 Å². The summed E-state index contributed by atoms with van der Waals surface area (Å²) < 4.78 is 0. The lowest BCUT2D eigenvalue weighted by Gasteiger charge is -2.32. The molecule has 0 N–H and O–H groups in total. The highest BCUT2D eigenvalue weighted by molar-refractivity contribution is 5.50. The van der Waals surface area contributed by atoms with Crippen LogP contribution < -0.4 is 9.80 Å². The third kappa shape index (κ3) is 4.01. The maximum absolute atomic E-state index is 4.51. The molecule has 2 heterocycles. The first kappa shape index (κ1) is 15.8. The monoisotopic (exact) mass is 310 g/mol. The molecule has 0 bridgehead atoms. The third-order valence-corrected chi connectivity index (χ3v) is 4.54. The van der Waals surface area contributed by atoms with Crippen LogP contribution in [0, 0.1) is 5.92 Å². The molecule has 4 heteroatoms. The van der Waals surface area contributed by atoms with Crippen LogP contribution in [0.4, 0.5) is 11.6 Å². The van der Waals surface area contributed by atoms with E-state index in [1.54, 1.807) is 6.33 Å². The first-order valence-electron chi connectivity index (χ1n) is 8.62. The van der Waals surface area contributed by atoms with E-state index >= 15 is 0 Å². The summed E-state index contributed by atoms with van der Waals surface area (Å²) in [5.41, 5.74) is 1.31. The fourth-order valence-electron chi connectivity index (χ4n) is 3.24. The first-order valence-corrected chi connectivity index (χ1v) is 8.62. The molecule has 1 fully saturated rings. The second kappa shape index (κ2) is 7.44. The Bertz CT molecular complexity index is 614. The molecule has 1 atom stereocenters. The van der Waals surface area contributed by atoms with Gasteiger partial charge in [0.05, 0.1) is 0 Å². The van der Waals surface area contributed by atoms with Gasteiger partial charge in [0.25, 0.3) is 0 Å². The lowest BCUT2D eigenvalue weighted by Crippen LogP contribution is -2.35. The van der Waals surface area contributed by atoms with E-state index in [0.717, 1.165) is 43.7 Å². The van der Waals surface area contributed by atoms with Crippen LogP contribution in [0.15, 0.2) is 42.7 Å². The predicted molar refractivity (Wildman–Crippen MR) is 95.8 cm³/mol. The van der Waals surface area contributed by atoms with Gasteiger partial charge in [0.2, 0.25) is 0 Å². The molecule has 1 aromatic heterocycles. The highest BCUT2D eigenvalue weighted by Gasteiger charge is 2.18. The minimum absolute atomic E-state index is 0.744. The van der Waals surface area contributed by atoms with Crippen molar-refractivity contribution in [2.24, 2.45) is 5.92 Å². The van der Waals surface area contributed by atoms with Gasteiger partial charge in [-0.25, -0.2) is 9.97 Å². The highest BCUT2D eigenvalue weighted by Crippen LogP contribution is 2.24. The number of benzene rings is 1. The van der Waals surface area contributed by atoms with Crippen LogP contribution in [0.5, 0.6) is 0 Å². The van der Waals surface area contributed by atoms with E-state index in [1.807, 2.05) is 0 Å². The molecule has 1 aliphatic heterocycles. The summed E-state index contributed by atoms with van der Waals surface area (Å²) in [7, 11) is 0. The van der Waals surface area contributed by atoms with E-state index in [4.69, 9.17) is 0 Å². The van der Waals surface area contributed by atoms with Gasteiger partial charge in [0, 0.05) is 32.2 Å². The summed E-state index contributed by atoms with van der Waals surface area (Å²) in [4.78, 5) is 13.7. The third-order valence-electron chi connectivity index (χ3n) is 4.54. The Kier molecular flexibility index (Phi) is 5.11. The molecule has 1 aliphatic rings. The molecular weight excluding hydrogens is 284 g/mol. The summed E-state index contributed by atoms with van der Waals surface area (Å²) in [6.07, 6.45) is 4.28. The number of piperidine rings is 1. The van der Waals surface area contributed by atoms with E-state index in [-0.39, 0.29) is 0 Å². The lowest BCUT2D eigenvalue weighted by molar-refractivity contribution is 0.444. The predicted octanol–water partition coefficient (Wildman–Crippen LogP) is 3.74. The van der Waals surface area contributed by atoms with Gasteiger partial charge >= 0.3 is 0 Å². The molecule has 1 aromatic carbocycles. The van der Waals surface area contributed by atoms with E-state index in [0.29, 0.717) is 0 Å². The van der Waals surface area contributed by atoms with Gasteiger partial charge in [-0.05, 0) is 31.2 Å². The van der Waals surface area contributed by atoms with Crippen molar-refractivity contribution in [3.05, 3.63) is 48.3 Å². The number of aromatic nitrogens is 2. The van der Waals surface area contributed by atoms with Crippen LogP contribution in [0.1, 0.15) is 32.3 Å². The van der Waals surface area contributed by atoms with Crippen LogP contribution in [0.3, 0.4) is 0 Å². The fourth-order valence-corrected chi connectivity index (χ4v) is 3.24. The Balaban J connectivity index is 1.77. The van der Waals surface area contributed by atoms with E-state index < -0.39 is 0 Å². The van der Waals surface area contributed by atoms with Crippen molar-refractivity contribution in [3.63, 3.8) is 0 Å². The standard InChI is InChI=1S/C19H26N4/c1-3-22(14-17-9-5-4-6-10-17)18-12-19(21-15-20-18)23-11-7-8-16(2)13-23/h4-6,9-10,12,15-16H,3,7-8,11,13-14H2,1-2H3. The van der Waals surface area contributed by atoms with Gasteiger partial charge in [-0.1, -0.05) is 37.3 Å². The van der Waals surface area contributed by atoms with Crippen LogP contribution in [0.2, 0.25) is 0 Å². The molecule has 122 valence electrons. The van der Waals surface area contributed by atoms with Gasteiger partial charge in [-0.15, -0.1) is 0 Å². The summed E-state index contributed by atoms with van der Waals surface area (Å²) in [6.45, 7) is 8.51. The number of anilines is 2. The molecule has 0 saturated carbocycles. The number of hydrogen-bond acceptors (Lipinski definition) is 4. The first-order chi connectivity index (χ1) is 11.3. The second-order valence-corrected chi connectivity index (χ2v) is 6.43. The van der Waals surface area contributed by atoms with Crippen LogP contribution >= 0.6 is 0 Å². The van der Waals surface area contributed by atoms with Crippen LogP contribution in [-0.4, -0.2) is 29.6 Å². The number of hydrogen-bond donors (Lipinski definition) is 0. The molecule has 4 nitrogen and oxygen atoms in total. The molecular formula is C19H26N4. The summed E-state index contributed by atoms with van der Waals surface area (Å²) in [6, 6.07) is 12.7. The smallest absolute Gasteiger partial charge is 0.134 e. The largest absolute Gasteiger partial charge is 0.356 e. The molecule has 23 heavy (non-hydrogen) atoms. The molecule has 2 aromatic rings. The van der Waals surface area contributed by atoms with Crippen LogP contribution in [0.25, 0.3) is 0 Å². The Labute approximate surface area is 139 Å². The molecule has 3 rings (SSSR count). The molecule has 0 radical (unpaired) electrons. The van der Waals surface area contributed by atoms with Crippen molar-refractivity contribution in [1.82, 2.24) is 9.97 Å². The molecule has 1 unspecified atom stereocenters. The zero-order valence-corrected chi connectivity index (χ0v) is 14.2. The minimum atomic E-state index is 0.744. The van der Waals surface area contributed by atoms with Gasteiger partial charge in [0.15, 0.2) is 0 Å². The Morgan fingerprint density at radius 2 is 2.04 bits per heavy atom. The molecule has 1 saturated heterocycles. The summed E-state index contributed by atoms with van der Waals surface area (Å²) in [5.74, 6) is 2.82. The van der Waals surface area contributed by atoms with Gasteiger partial charge in [0.1, 0.15) is 18.0 Å². The zero-order valence-electron chi connectivity index (χ0n) is 14.2. The van der Waals surface area contributed by atoms with Crippen molar-refractivity contribution in [2.45, 2.75) is 33.2 Å². The van der Waals surface area contributed by atoms with Gasteiger partial charge < -0.3 is 9.80 Å². The van der Waals surface area contributed by atoms with Crippen molar-refractivity contribution in [3.8, 4) is 0 Å². The Morgan fingerprint density at radius 3 is 2.78 bits per heavy atom. The van der Waals surface area contributed by atoms with Crippen LogP contribution in [-0.2, 0) is 6.54 Å². The molecule has 0 amide bonds. The second-order valence-electron chi connectivity index (χ2n) is 6.43. The maximum Gasteiger partial charge on any atom is 0.134 e. The van der Waals surface area contributed by atoms with Gasteiger partial charge in [-0.2, -0.15) is 0 Å². The van der Waals surface area contributed by atoms with Crippen molar-refractivity contribution >= 4 is 11.6 Å². The average Bonchev–Trinajstić information content (AvgIpc) is 2.61. The summed E-state index contributed by atoms with van der Waals surface area (Å²) in [5, 5.41) is 0. The number of rotatable bonds is 5. The topological polar surface area (TPSA) is 32.3 Å². The Hall–Kier alpha value is -2.10. The fraction of sp³-hybridized carbons (Fsp3) is 0.474.